The van der Waals surface area contributed by atoms with E-state index >= 15 is 0 Å². The van der Waals surface area contributed by atoms with Gasteiger partial charge < -0.3 is 14.3 Å². The number of fused-ring (bicyclic) bond motifs is 1. The van der Waals surface area contributed by atoms with E-state index in [1.807, 2.05) is 5.48 Å². The number of hydrogen-bond acceptors (Lipinski definition) is 7. The standard InChI is InChI=1S/C29H27F6N3O7S/c1-27(2,3)44-26(40)36-18-11-12-24-22(14-18)38(46(41,42)20-8-6-7-17(13-20)28(30,31)32)16-19(43-24)15-25(39)37-45-23-10-5-4-9-21(23)29(33,34)35/h4-14,19H,15-16H2,1-3H3,(H,36,40)(H,37,39)/t19-/m0/s1. The second-order valence-electron chi connectivity index (χ2n) is 10.9. The summed E-state index contributed by atoms with van der Waals surface area (Å²) in [5, 5.41) is 2.43. The first-order chi connectivity index (χ1) is 21.2. The molecule has 1 aliphatic heterocycles. The quantitative estimate of drug-likeness (QED) is 0.216. The summed E-state index contributed by atoms with van der Waals surface area (Å²) in [6, 6.07) is 10.9. The van der Waals surface area contributed by atoms with E-state index in [0.29, 0.717) is 16.4 Å². The van der Waals surface area contributed by atoms with Crippen LogP contribution in [0.15, 0.2) is 71.6 Å². The van der Waals surface area contributed by atoms with Crippen LogP contribution in [0.25, 0.3) is 0 Å². The largest absolute Gasteiger partial charge is 0.486 e. The molecule has 4 rings (SSSR count). The predicted molar refractivity (Wildman–Crippen MR) is 152 cm³/mol. The Morgan fingerprint density at radius 3 is 2.28 bits per heavy atom. The summed E-state index contributed by atoms with van der Waals surface area (Å²) in [5.41, 5.74) is -1.52. The third kappa shape index (κ3) is 8.32. The molecule has 1 aliphatic rings. The van der Waals surface area contributed by atoms with Crippen LogP contribution in [0.4, 0.5) is 42.5 Å². The fourth-order valence-corrected chi connectivity index (χ4v) is 5.80. The molecular weight excluding hydrogens is 648 g/mol. The zero-order chi connectivity index (χ0) is 34.1. The maximum Gasteiger partial charge on any atom is 0.420 e. The van der Waals surface area contributed by atoms with Gasteiger partial charge in [0.1, 0.15) is 23.0 Å². The van der Waals surface area contributed by atoms with Crippen molar-refractivity contribution >= 4 is 33.4 Å². The zero-order valence-corrected chi connectivity index (χ0v) is 25.1. The van der Waals surface area contributed by atoms with Crippen LogP contribution in [-0.2, 0) is 31.9 Å². The number of carbonyl (C=O) groups excluding carboxylic acids is 2. The topological polar surface area (TPSA) is 123 Å². The van der Waals surface area contributed by atoms with E-state index in [-0.39, 0.29) is 17.1 Å². The van der Waals surface area contributed by atoms with E-state index < -0.39 is 80.8 Å². The lowest BCUT2D eigenvalue weighted by Crippen LogP contribution is -2.45. The van der Waals surface area contributed by atoms with Crippen LogP contribution in [0, 0.1) is 0 Å². The van der Waals surface area contributed by atoms with E-state index in [1.54, 1.807) is 20.8 Å². The molecule has 3 aromatic carbocycles. The third-order valence-corrected chi connectivity index (χ3v) is 7.94. The van der Waals surface area contributed by atoms with Gasteiger partial charge in [0.05, 0.1) is 29.1 Å². The Morgan fingerprint density at radius 2 is 1.63 bits per heavy atom. The van der Waals surface area contributed by atoms with E-state index in [4.69, 9.17) is 14.3 Å². The second-order valence-corrected chi connectivity index (χ2v) is 12.8. The maximum absolute atomic E-state index is 13.8. The number of carbonyl (C=O) groups is 2. The van der Waals surface area contributed by atoms with E-state index in [0.717, 1.165) is 30.3 Å². The molecule has 1 heterocycles. The molecule has 0 unspecified atom stereocenters. The van der Waals surface area contributed by atoms with Gasteiger partial charge in [0.15, 0.2) is 5.75 Å². The highest BCUT2D eigenvalue weighted by atomic mass is 32.2. The Hall–Kier alpha value is -4.67. The van der Waals surface area contributed by atoms with Crippen molar-refractivity contribution in [2.75, 3.05) is 16.2 Å². The number of hydrogen-bond donors (Lipinski definition) is 2. The number of alkyl halides is 6. The lowest BCUT2D eigenvalue weighted by molar-refractivity contribution is -0.141. The molecule has 17 heteroatoms. The Balaban J connectivity index is 1.63. The fourth-order valence-electron chi connectivity index (χ4n) is 4.26. The minimum Gasteiger partial charge on any atom is -0.486 e. The van der Waals surface area contributed by atoms with Crippen molar-refractivity contribution in [2.24, 2.45) is 0 Å². The highest BCUT2D eigenvalue weighted by molar-refractivity contribution is 7.92. The summed E-state index contributed by atoms with van der Waals surface area (Å²) in [6.45, 7) is 4.24. The number of sulfonamides is 1. The van der Waals surface area contributed by atoms with Gasteiger partial charge in [-0.05, 0) is 69.3 Å². The molecular formula is C29H27F6N3O7S. The van der Waals surface area contributed by atoms with Crippen molar-refractivity contribution in [2.45, 2.75) is 56.1 Å². The number of rotatable bonds is 7. The molecule has 3 aromatic rings. The van der Waals surface area contributed by atoms with Gasteiger partial charge in [-0.1, -0.05) is 18.2 Å². The fraction of sp³-hybridized carbons (Fsp3) is 0.310. The minimum absolute atomic E-state index is 0.0498. The van der Waals surface area contributed by atoms with E-state index in [9.17, 15) is 44.3 Å². The van der Waals surface area contributed by atoms with Crippen molar-refractivity contribution in [3.63, 3.8) is 0 Å². The van der Waals surface area contributed by atoms with Crippen molar-refractivity contribution < 1.29 is 58.7 Å². The van der Waals surface area contributed by atoms with Crippen LogP contribution in [0.3, 0.4) is 0 Å². The Labute approximate surface area is 259 Å². The third-order valence-electron chi connectivity index (χ3n) is 6.17. The van der Waals surface area contributed by atoms with Gasteiger partial charge >= 0.3 is 18.4 Å². The average molecular weight is 676 g/mol. The lowest BCUT2D eigenvalue weighted by atomic mass is 10.1. The molecule has 0 saturated carbocycles. The molecule has 0 saturated heterocycles. The second kappa shape index (κ2) is 12.6. The normalized spacial score (nSPS) is 15.3. The maximum atomic E-state index is 13.8. The number of halogens is 6. The molecule has 2 amide bonds. The number of para-hydroxylation sites is 1. The van der Waals surface area contributed by atoms with Gasteiger partial charge in [-0.15, -0.1) is 0 Å². The molecule has 10 nitrogen and oxygen atoms in total. The SMILES string of the molecule is CC(C)(C)OC(=O)Nc1ccc2c(c1)N(S(=O)(=O)c1cccc(C(F)(F)F)c1)C[C@H](CC(=O)NOc1ccccc1C(F)(F)F)O2. The first-order valence-corrected chi connectivity index (χ1v) is 14.8. The number of amides is 2. The van der Waals surface area contributed by atoms with Crippen LogP contribution < -0.4 is 24.7 Å². The van der Waals surface area contributed by atoms with Gasteiger partial charge in [-0.25, -0.2) is 13.2 Å². The summed E-state index contributed by atoms with van der Waals surface area (Å²) in [4.78, 5) is 29.1. The highest BCUT2D eigenvalue weighted by Crippen LogP contribution is 2.41. The van der Waals surface area contributed by atoms with Gasteiger partial charge in [0.25, 0.3) is 15.9 Å². The Kier molecular flexibility index (Phi) is 9.38. The van der Waals surface area contributed by atoms with Crippen LogP contribution >= 0.6 is 0 Å². The van der Waals surface area contributed by atoms with Gasteiger partial charge in [-0.3, -0.25) is 14.4 Å². The van der Waals surface area contributed by atoms with Crippen LogP contribution in [0.5, 0.6) is 11.5 Å². The van der Waals surface area contributed by atoms with Gasteiger partial charge in [0, 0.05) is 5.69 Å². The summed E-state index contributed by atoms with van der Waals surface area (Å²) < 4.78 is 119. The molecule has 0 spiro atoms. The molecule has 1 atom stereocenters. The summed E-state index contributed by atoms with van der Waals surface area (Å²) in [6.07, 6.45) is -12.4. The Bertz CT molecular complexity index is 1720. The number of ether oxygens (including phenoxy) is 2. The summed E-state index contributed by atoms with van der Waals surface area (Å²) in [7, 11) is -4.76. The van der Waals surface area contributed by atoms with E-state index in [1.165, 1.54) is 24.3 Å². The minimum atomic E-state index is -4.86. The number of hydroxylamine groups is 1. The van der Waals surface area contributed by atoms with Gasteiger partial charge in [0.2, 0.25) is 0 Å². The molecule has 0 fully saturated rings. The molecule has 2 N–H and O–H groups in total. The molecule has 248 valence electrons. The first-order valence-electron chi connectivity index (χ1n) is 13.4. The highest BCUT2D eigenvalue weighted by Gasteiger charge is 2.38. The van der Waals surface area contributed by atoms with Crippen molar-refractivity contribution in [3.05, 3.63) is 77.9 Å². The Morgan fingerprint density at radius 1 is 0.935 bits per heavy atom. The van der Waals surface area contributed by atoms with E-state index in [2.05, 4.69) is 5.32 Å². The van der Waals surface area contributed by atoms with Crippen molar-refractivity contribution in [1.29, 1.82) is 0 Å². The van der Waals surface area contributed by atoms with Gasteiger partial charge in [-0.2, -0.15) is 31.8 Å². The summed E-state index contributed by atoms with van der Waals surface area (Å²) in [5.74, 6) is -1.82. The molecule has 46 heavy (non-hydrogen) atoms. The molecule has 0 radical (unpaired) electrons. The lowest BCUT2D eigenvalue weighted by Gasteiger charge is -2.35. The number of anilines is 2. The number of benzene rings is 3. The van der Waals surface area contributed by atoms with Crippen LogP contribution in [0.1, 0.15) is 38.3 Å². The van der Waals surface area contributed by atoms with Crippen LogP contribution in [-0.4, -0.2) is 38.7 Å². The van der Waals surface area contributed by atoms with Crippen molar-refractivity contribution in [3.8, 4) is 11.5 Å². The smallest absolute Gasteiger partial charge is 0.420 e. The molecule has 0 aliphatic carbocycles. The monoisotopic (exact) mass is 675 g/mol. The van der Waals surface area contributed by atoms with Crippen molar-refractivity contribution in [1.82, 2.24) is 5.48 Å². The zero-order valence-electron chi connectivity index (χ0n) is 24.3. The number of nitrogens with zero attached hydrogens (tertiary/aromatic N) is 1. The molecule has 0 bridgehead atoms. The number of nitrogens with one attached hydrogen (secondary N) is 2. The average Bonchev–Trinajstić information content (AvgIpc) is 2.94. The predicted octanol–water partition coefficient (Wildman–Crippen LogP) is 6.53. The van der Waals surface area contributed by atoms with Crippen LogP contribution in [0.2, 0.25) is 0 Å². The summed E-state index contributed by atoms with van der Waals surface area (Å²) >= 11 is 0. The first kappa shape index (κ1) is 34.2. The molecule has 0 aromatic heterocycles.